The molecule has 2 aromatic carbocycles. The van der Waals surface area contributed by atoms with Gasteiger partial charge in [-0.1, -0.05) is 29.8 Å². The Balaban J connectivity index is 1.75. The predicted octanol–water partition coefficient (Wildman–Crippen LogP) is 4.37. The summed E-state index contributed by atoms with van der Waals surface area (Å²) in [5, 5.41) is 7.08. The van der Waals surface area contributed by atoms with Crippen LogP contribution in [0.2, 0.25) is 5.02 Å². The van der Waals surface area contributed by atoms with E-state index in [0.717, 1.165) is 11.1 Å². The number of pyridine rings is 1. The minimum absolute atomic E-state index is 0.201. The van der Waals surface area contributed by atoms with Crippen molar-refractivity contribution in [1.82, 2.24) is 10.4 Å². The molecule has 0 bridgehead atoms. The number of rotatable bonds is 5. The van der Waals surface area contributed by atoms with Crippen LogP contribution in [0.5, 0.6) is 0 Å². The second-order valence-electron chi connectivity index (χ2n) is 6.43. The van der Waals surface area contributed by atoms with Crippen molar-refractivity contribution in [1.29, 1.82) is 0 Å². The van der Waals surface area contributed by atoms with Crippen molar-refractivity contribution in [3.05, 3.63) is 93.8 Å². The average molecular weight is 407 g/mol. The first-order valence-corrected chi connectivity index (χ1v) is 9.23. The van der Waals surface area contributed by atoms with E-state index < -0.39 is 5.91 Å². The van der Waals surface area contributed by atoms with Crippen molar-refractivity contribution in [2.24, 2.45) is 5.10 Å². The number of benzene rings is 2. The van der Waals surface area contributed by atoms with Gasteiger partial charge < -0.3 is 5.32 Å². The first-order chi connectivity index (χ1) is 13.9. The lowest BCUT2D eigenvalue weighted by Crippen LogP contribution is -2.21. The van der Waals surface area contributed by atoms with Gasteiger partial charge in [0.15, 0.2) is 0 Å². The highest BCUT2D eigenvalue weighted by Crippen LogP contribution is 2.21. The summed E-state index contributed by atoms with van der Waals surface area (Å²) in [6.45, 7) is 4.03. The quantitative estimate of drug-likeness (QED) is 0.487. The van der Waals surface area contributed by atoms with Crippen molar-refractivity contribution in [3.8, 4) is 0 Å². The molecule has 1 heterocycles. The fraction of sp³-hybridized carbons (Fsp3) is 0.0909. The SMILES string of the molecule is Cc1ccc(C=NNC(=O)c2cc(Cl)ccc2NC(=O)c2cccnc2)cc1C. The van der Waals surface area contributed by atoms with Gasteiger partial charge in [0.05, 0.1) is 23.0 Å². The predicted molar refractivity (Wildman–Crippen MR) is 115 cm³/mol. The Hall–Kier alpha value is -3.51. The Bertz CT molecular complexity index is 1080. The van der Waals surface area contributed by atoms with Gasteiger partial charge in [0.2, 0.25) is 0 Å². The molecule has 3 rings (SSSR count). The number of amides is 2. The molecule has 3 aromatic rings. The van der Waals surface area contributed by atoms with Crippen LogP contribution in [0.15, 0.2) is 66.0 Å². The molecule has 0 saturated heterocycles. The molecule has 29 heavy (non-hydrogen) atoms. The van der Waals surface area contributed by atoms with Crippen LogP contribution in [0.25, 0.3) is 0 Å². The molecule has 0 saturated carbocycles. The number of anilines is 1. The molecule has 2 amide bonds. The molecule has 0 unspecified atom stereocenters. The van der Waals surface area contributed by atoms with Gasteiger partial charge in [-0.3, -0.25) is 14.6 Å². The third kappa shape index (κ3) is 5.27. The summed E-state index contributed by atoms with van der Waals surface area (Å²) in [5.74, 6) is -0.873. The molecule has 0 aliphatic rings. The first-order valence-electron chi connectivity index (χ1n) is 8.85. The van der Waals surface area contributed by atoms with Crippen molar-refractivity contribution >= 4 is 35.3 Å². The lowest BCUT2D eigenvalue weighted by atomic mass is 10.1. The topological polar surface area (TPSA) is 83.5 Å². The Kier molecular flexibility index (Phi) is 6.36. The summed E-state index contributed by atoms with van der Waals surface area (Å²) in [4.78, 5) is 28.9. The number of hydrogen-bond donors (Lipinski definition) is 2. The fourth-order valence-electron chi connectivity index (χ4n) is 2.58. The monoisotopic (exact) mass is 406 g/mol. The number of carbonyl (C=O) groups excluding carboxylic acids is 2. The highest BCUT2D eigenvalue weighted by atomic mass is 35.5. The van der Waals surface area contributed by atoms with Crippen LogP contribution in [-0.4, -0.2) is 23.0 Å². The fourth-order valence-corrected chi connectivity index (χ4v) is 2.75. The van der Waals surface area contributed by atoms with Crippen LogP contribution in [0.4, 0.5) is 5.69 Å². The van der Waals surface area contributed by atoms with Crippen LogP contribution in [0.1, 0.15) is 37.4 Å². The normalized spacial score (nSPS) is 10.7. The van der Waals surface area contributed by atoms with E-state index in [-0.39, 0.29) is 11.5 Å². The maximum absolute atomic E-state index is 12.6. The second kappa shape index (κ2) is 9.12. The minimum Gasteiger partial charge on any atom is -0.321 e. The van der Waals surface area contributed by atoms with E-state index in [9.17, 15) is 9.59 Å². The Morgan fingerprint density at radius 1 is 1.03 bits per heavy atom. The first kappa shape index (κ1) is 20.2. The molecular formula is C22H19ClN4O2. The molecule has 6 nitrogen and oxygen atoms in total. The standard InChI is InChI=1S/C22H19ClN4O2/c1-14-5-6-16(10-15(14)2)12-25-27-22(29)19-11-18(23)7-8-20(19)26-21(28)17-4-3-9-24-13-17/h3-13H,1-2H3,(H,26,28)(H,27,29). The van der Waals surface area contributed by atoms with E-state index in [1.165, 1.54) is 17.8 Å². The van der Waals surface area contributed by atoms with E-state index in [1.54, 1.807) is 36.7 Å². The van der Waals surface area contributed by atoms with Gasteiger partial charge in [-0.25, -0.2) is 5.43 Å². The van der Waals surface area contributed by atoms with Crippen molar-refractivity contribution in [2.75, 3.05) is 5.32 Å². The second-order valence-corrected chi connectivity index (χ2v) is 6.86. The lowest BCUT2D eigenvalue weighted by molar-refractivity contribution is 0.0956. The molecule has 1 aromatic heterocycles. The van der Waals surface area contributed by atoms with E-state index in [2.05, 4.69) is 20.8 Å². The van der Waals surface area contributed by atoms with Gasteiger partial charge in [0.25, 0.3) is 11.8 Å². The molecule has 0 atom stereocenters. The number of carbonyl (C=O) groups is 2. The van der Waals surface area contributed by atoms with Crippen LogP contribution in [0, 0.1) is 13.8 Å². The molecular weight excluding hydrogens is 388 g/mol. The number of hydrogen-bond acceptors (Lipinski definition) is 4. The van der Waals surface area contributed by atoms with Gasteiger partial charge in [-0.05, 0) is 60.9 Å². The molecule has 7 heteroatoms. The smallest absolute Gasteiger partial charge is 0.273 e. The summed E-state index contributed by atoms with van der Waals surface area (Å²) in [6, 6.07) is 13.8. The molecule has 0 aliphatic heterocycles. The number of hydrazone groups is 1. The number of halogens is 1. The Morgan fingerprint density at radius 3 is 2.59 bits per heavy atom. The van der Waals surface area contributed by atoms with Crippen LogP contribution in [-0.2, 0) is 0 Å². The average Bonchev–Trinajstić information content (AvgIpc) is 2.72. The van der Waals surface area contributed by atoms with Gasteiger partial charge in [-0.2, -0.15) is 5.10 Å². The van der Waals surface area contributed by atoms with E-state index >= 15 is 0 Å². The molecule has 0 aliphatic carbocycles. The highest BCUT2D eigenvalue weighted by Gasteiger charge is 2.15. The van der Waals surface area contributed by atoms with Crippen molar-refractivity contribution in [2.45, 2.75) is 13.8 Å². The maximum Gasteiger partial charge on any atom is 0.273 e. The summed E-state index contributed by atoms with van der Waals surface area (Å²) in [6.07, 6.45) is 4.58. The van der Waals surface area contributed by atoms with E-state index in [0.29, 0.717) is 16.3 Å². The van der Waals surface area contributed by atoms with Gasteiger partial charge >= 0.3 is 0 Å². The van der Waals surface area contributed by atoms with E-state index in [1.807, 2.05) is 32.0 Å². The zero-order valence-corrected chi connectivity index (χ0v) is 16.7. The molecule has 146 valence electrons. The number of aryl methyl sites for hydroxylation is 2. The lowest BCUT2D eigenvalue weighted by Gasteiger charge is -2.10. The summed E-state index contributed by atoms with van der Waals surface area (Å²) in [7, 11) is 0. The number of aromatic nitrogens is 1. The van der Waals surface area contributed by atoms with Crippen LogP contribution < -0.4 is 10.7 Å². The Labute approximate surface area is 173 Å². The highest BCUT2D eigenvalue weighted by molar-refractivity contribution is 6.31. The van der Waals surface area contributed by atoms with Gasteiger partial charge in [0.1, 0.15) is 0 Å². The molecule has 0 fully saturated rings. The van der Waals surface area contributed by atoms with Crippen molar-refractivity contribution in [3.63, 3.8) is 0 Å². The third-order valence-corrected chi connectivity index (χ3v) is 4.54. The van der Waals surface area contributed by atoms with E-state index in [4.69, 9.17) is 11.6 Å². The summed E-state index contributed by atoms with van der Waals surface area (Å²) < 4.78 is 0. The number of nitrogens with zero attached hydrogens (tertiary/aromatic N) is 2. The van der Waals surface area contributed by atoms with Crippen LogP contribution >= 0.6 is 11.6 Å². The zero-order chi connectivity index (χ0) is 20.8. The Morgan fingerprint density at radius 2 is 1.86 bits per heavy atom. The number of nitrogens with one attached hydrogen (secondary N) is 2. The molecule has 0 radical (unpaired) electrons. The summed E-state index contributed by atoms with van der Waals surface area (Å²) >= 11 is 6.04. The summed E-state index contributed by atoms with van der Waals surface area (Å²) in [5.41, 5.74) is 6.55. The molecule has 0 spiro atoms. The zero-order valence-electron chi connectivity index (χ0n) is 15.9. The van der Waals surface area contributed by atoms with Crippen LogP contribution in [0.3, 0.4) is 0 Å². The molecule has 2 N–H and O–H groups in total. The maximum atomic E-state index is 12.6. The van der Waals surface area contributed by atoms with Gasteiger partial charge in [0, 0.05) is 17.4 Å². The third-order valence-electron chi connectivity index (χ3n) is 4.31. The van der Waals surface area contributed by atoms with Crippen molar-refractivity contribution < 1.29 is 9.59 Å². The minimum atomic E-state index is -0.492. The largest absolute Gasteiger partial charge is 0.321 e. The van der Waals surface area contributed by atoms with Gasteiger partial charge in [-0.15, -0.1) is 0 Å².